The smallest absolute Gasteiger partial charge is 0.189 e. The van der Waals surface area contributed by atoms with Crippen LogP contribution in [0.2, 0.25) is 0 Å². The molecule has 0 spiro atoms. The van der Waals surface area contributed by atoms with Gasteiger partial charge in [-0.05, 0) is 35.6 Å². The van der Waals surface area contributed by atoms with Gasteiger partial charge in [0.2, 0.25) is 0 Å². The zero-order chi connectivity index (χ0) is 17.2. The molecule has 4 aromatic rings. The molecule has 0 saturated carbocycles. The van der Waals surface area contributed by atoms with Gasteiger partial charge in [-0.1, -0.05) is 55.1 Å². The average Bonchev–Trinajstić information content (AvgIpc) is 3.11. The van der Waals surface area contributed by atoms with Gasteiger partial charge >= 0.3 is 0 Å². The summed E-state index contributed by atoms with van der Waals surface area (Å²) in [5.41, 5.74) is 2.22. The summed E-state index contributed by atoms with van der Waals surface area (Å²) in [6.07, 6.45) is 6.61. The van der Waals surface area contributed by atoms with Crippen molar-refractivity contribution in [2.45, 2.75) is 18.5 Å². The van der Waals surface area contributed by atoms with Gasteiger partial charge < -0.3 is 0 Å². The van der Waals surface area contributed by atoms with Crippen molar-refractivity contribution in [2.75, 3.05) is 6.26 Å². The minimum atomic E-state index is 0.762. The zero-order valence-electron chi connectivity index (χ0n) is 14.2. The Morgan fingerprint density at radius 3 is 2.64 bits per heavy atom. The lowest BCUT2D eigenvalue weighted by molar-refractivity contribution is 0.855. The maximum absolute atomic E-state index is 4.69. The summed E-state index contributed by atoms with van der Waals surface area (Å²) in [4.78, 5) is 13.6. The van der Waals surface area contributed by atoms with Crippen LogP contribution in [0, 0.1) is 0 Å². The number of imidazole rings is 1. The standard InChI is InChI=1S/C20H18N4S/c1-3-17-13-22-19(24(17)18-10-11-21-20(23-18)25-2)16-9-8-14-6-4-5-7-15(14)12-16/h4-13H,3H2,1-2H3. The van der Waals surface area contributed by atoms with Crippen molar-refractivity contribution in [3.05, 3.63) is 66.6 Å². The van der Waals surface area contributed by atoms with Crippen LogP contribution in [0.1, 0.15) is 12.6 Å². The Kier molecular flexibility index (Phi) is 4.24. The quantitative estimate of drug-likeness (QED) is 0.394. The van der Waals surface area contributed by atoms with Crippen molar-refractivity contribution in [3.63, 3.8) is 0 Å². The molecule has 0 aliphatic carbocycles. The number of nitrogens with zero attached hydrogens (tertiary/aromatic N) is 4. The second kappa shape index (κ2) is 6.69. The number of hydrogen-bond donors (Lipinski definition) is 0. The number of hydrogen-bond acceptors (Lipinski definition) is 4. The van der Waals surface area contributed by atoms with Gasteiger partial charge in [0.25, 0.3) is 0 Å². The first-order valence-electron chi connectivity index (χ1n) is 8.23. The normalized spacial score (nSPS) is 11.1. The minimum absolute atomic E-state index is 0.762. The Balaban J connectivity index is 1.91. The monoisotopic (exact) mass is 346 g/mol. The summed E-state index contributed by atoms with van der Waals surface area (Å²) in [5.74, 6) is 1.77. The van der Waals surface area contributed by atoms with Gasteiger partial charge in [0.05, 0.1) is 0 Å². The van der Waals surface area contributed by atoms with Gasteiger partial charge in [0.15, 0.2) is 5.16 Å². The van der Waals surface area contributed by atoms with Crippen LogP contribution in [0.4, 0.5) is 0 Å². The first-order chi connectivity index (χ1) is 12.3. The van der Waals surface area contributed by atoms with Gasteiger partial charge in [-0.25, -0.2) is 15.0 Å². The molecular formula is C20H18N4S. The number of rotatable bonds is 4. The average molecular weight is 346 g/mol. The molecule has 0 fully saturated rings. The second-order valence-electron chi connectivity index (χ2n) is 5.73. The van der Waals surface area contributed by atoms with Crippen molar-refractivity contribution in [3.8, 4) is 17.2 Å². The molecule has 2 aromatic carbocycles. The van der Waals surface area contributed by atoms with Crippen LogP contribution in [0.3, 0.4) is 0 Å². The second-order valence-corrected chi connectivity index (χ2v) is 6.50. The zero-order valence-corrected chi connectivity index (χ0v) is 15.0. The fourth-order valence-electron chi connectivity index (χ4n) is 2.98. The van der Waals surface area contributed by atoms with Crippen molar-refractivity contribution < 1.29 is 0 Å². The molecule has 0 unspecified atom stereocenters. The van der Waals surface area contributed by atoms with E-state index in [1.807, 2.05) is 18.5 Å². The summed E-state index contributed by atoms with van der Waals surface area (Å²) in [6.45, 7) is 2.13. The summed E-state index contributed by atoms with van der Waals surface area (Å²) in [6, 6.07) is 16.8. The highest BCUT2D eigenvalue weighted by molar-refractivity contribution is 7.98. The maximum Gasteiger partial charge on any atom is 0.189 e. The number of aromatic nitrogens is 4. The predicted molar refractivity (Wildman–Crippen MR) is 103 cm³/mol. The lowest BCUT2D eigenvalue weighted by atomic mass is 10.1. The minimum Gasteiger partial charge on any atom is -0.281 e. The molecule has 0 saturated heterocycles. The summed E-state index contributed by atoms with van der Waals surface area (Å²) >= 11 is 1.54. The van der Waals surface area contributed by atoms with Crippen molar-refractivity contribution in [1.82, 2.24) is 19.5 Å². The fraction of sp³-hybridized carbons (Fsp3) is 0.150. The third-order valence-corrected chi connectivity index (χ3v) is 4.80. The Morgan fingerprint density at radius 2 is 1.84 bits per heavy atom. The van der Waals surface area contributed by atoms with Crippen molar-refractivity contribution in [2.24, 2.45) is 0 Å². The molecule has 0 radical (unpaired) electrons. The van der Waals surface area contributed by atoms with E-state index in [4.69, 9.17) is 4.98 Å². The molecule has 4 rings (SSSR count). The summed E-state index contributed by atoms with van der Waals surface area (Å²) in [5, 5.41) is 3.20. The Bertz CT molecular complexity index is 1040. The molecule has 0 amide bonds. The first-order valence-corrected chi connectivity index (χ1v) is 9.46. The topological polar surface area (TPSA) is 43.6 Å². The van der Waals surface area contributed by atoms with Crippen LogP contribution in [0.5, 0.6) is 0 Å². The fourth-order valence-corrected chi connectivity index (χ4v) is 3.33. The highest BCUT2D eigenvalue weighted by atomic mass is 32.2. The van der Waals surface area contributed by atoms with E-state index in [1.165, 1.54) is 10.8 Å². The van der Waals surface area contributed by atoms with E-state index in [0.717, 1.165) is 34.5 Å². The molecule has 0 N–H and O–H groups in total. The van der Waals surface area contributed by atoms with Crippen molar-refractivity contribution >= 4 is 22.5 Å². The number of fused-ring (bicyclic) bond motifs is 1. The van der Waals surface area contributed by atoms with Crippen LogP contribution >= 0.6 is 11.8 Å². The Labute approximate surface area is 151 Å². The largest absolute Gasteiger partial charge is 0.281 e. The molecule has 124 valence electrons. The molecule has 0 atom stereocenters. The molecule has 2 heterocycles. The van der Waals surface area contributed by atoms with Crippen LogP contribution < -0.4 is 0 Å². The first kappa shape index (κ1) is 15.8. The van der Waals surface area contributed by atoms with E-state index in [2.05, 4.69) is 63.9 Å². The molecule has 5 heteroatoms. The highest BCUT2D eigenvalue weighted by Gasteiger charge is 2.14. The van der Waals surface area contributed by atoms with Crippen LogP contribution in [-0.2, 0) is 6.42 Å². The van der Waals surface area contributed by atoms with Crippen molar-refractivity contribution in [1.29, 1.82) is 0 Å². The molecule has 0 aliphatic rings. The third-order valence-electron chi connectivity index (χ3n) is 4.24. The molecular weight excluding hydrogens is 328 g/mol. The molecule has 2 aromatic heterocycles. The molecule has 0 aliphatic heterocycles. The number of aryl methyl sites for hydroxylation is 1. The van der Waals surface area contributed by atoms with E-state index < -0.39 is 0 Å². The maximum atomic E-state index is 4.69. The van der Waals surface area contributed by atoms with E-state index in [1.54, 1.807) is 18.0 Å². The Morgan fingerprint density at radius 1 is 1.00 bits per heavy atom. The summed E-state index contributed by atoms with van der Waals surface area (Å²) < 4.78 is 2.13. The summed E-state index contributed by atoms with van der Waals surface area (Å²) in [7, 11) is 0. The third kappa shape index (κ3) is 2.91. The van der Waals surface area contributed by atoms with E-state index in [-0.39, 0.29) is 0 Å². The highest BCUT2D eigenvalue weighted by Crippen LogP contribution is 2.27. The van der Waals surface area contributed by atoms with Gasteiger partial charge in [0.1, 0.15) is 11.6 Å². The van der Waals surface area contributed by atoms with Gasteiger partial charge in [-0.3, -0.25) is 4.57 Å². The molecule has 25 heavy (non-hydrogen) atoms. The number of benzene rings is 2. The van der Waals surface area contributed by atoms with Gasteiger partial charge in [0, 0.05) is 23.7 Å². The Hall–Kier alpha value is -2.66. The van der Waals surface area contributed by atoms with E-state index in [9.17, 15) is 0 Å². The van der Waals surface area contributed by atoms with Crippen LogP contribution in [-0.4, -0.2) is 25.8 Å². The number of thioether (sulfide) groups is 1. The molecule has 4 nitrogen and oxygen atoms in total. The lowest BCUT2D eigenvalue weighted by Crippen LogP contribution is -2.05. The van der Waals surface area contributed by atoms with Gasteiger partial charge in [-0.15, -0.1) is 0 Å². The van der Waals surface area contributed by atoms with E-state index >= 15 is 0 Å². The van der Waals surface area contributed by atoms with E-state index in [0.29, 0.717) is 0 Å². The predicted octanol–water partition coefficient (Wildman–Crippen LogP) is 4.77. The van der Waals surface area contributed by atoms with Crippen LogP contribution in [0.15, 0.2) is 66.1 Å². The lowest BCUT2D eigenvalue weighted by Gasteiger charge is -2.11. The molecule has 0 bridgehead atoms. The van der Waals surface area contributed by atoms with Gasteiger partial charge in [-0.2, -0.15) is 0 Å². The SMILES string of the molecule is CCc1cnc(-c2ccc3ccccc3c2)n1-c1ccnc(SC)n1. The van der Waals surface area contributed by atoms with Crippen LogP contribution in [0.25, 0.3) is 28.0 Å².